The second-order valence-electron chi connectivity index (χ2n) is 6.69. The SMILES string of the molecule is CC(NC(=O)NCc1cccc(CN2CCCC2=O)c1)C1CC1. The minimum Gasteiger partial charge on any atom is -0.338 e. The zero-order valence-corrected chi connectivity index (χ0v) is 13.7. The lowest BCUT2D eigenvalue weighted by atomic mass is 10.1. The first kappa shape index (κ1) is 15.8. The van der Waals surface area contributed by atoms with Gasteiger partial charge < -0.3 is 15.5 Å². The lowest BCUT2D eigenvalue weighted by Crippen LogP contribution is -2.41. The molecule has 1 unspecified atom stereocenters. The lowest BCUT2D eigenvalue weighted by Gasteiger charge is -2.16. The lowest BCUT2D eigenvalue weighted by molar-refractivity contribution is -0.128. The third kappa shape index (κ3) is 4.47. The number of urea groups is 1. The van der Waals surface area contributed by atoms with Crippen molar-refractivity contribution >= 4 is 11.9 Å². The molecule has 0 bridgehead atoms. The maximum atomic E-state index is 11.9. The van der Waals surface area contributed by atoms with Gasteiger partial charge in [0.15, 0.2) is 0 Å². The van der Waals surface area contributed by atoms with Crippen molar-refractivity contribution in [3.63, 3.8) is 0 Å². The standard InChI is InChI=1S/C18H25N3O2/c1-13(16-7-8-16)20-18(23)19-11-14-4-2-5-15(10-14)12-21-9-3-6-17(21)22/h2,4-5,10,13,16H,3,6-9,11-12H2,1H3,(H2,19,20,23). The Bertz CT molecular complexity index is 583. The smallest absolute Gasteiger partial charge is 0.315 e. The van der Waals surface area contributed by atoms with Crippen molar-refractivity contribution in [3.05, 3.63) is 35.4 Å². The van der Waals surface area contributed by atoms with Gasteiger partial charge in [-0.3, -0.25) is 4.79 Å². The Hall–Kier alpha value is -2.04. The van der Waals surface area contributed by atoms with Gasteiger partial charge in [0.1, 0.15) is 0 Å². The summed E-state index contributed by atoms with van der Waals surface area (Å²) in [6.07, 6.45) is 4.07. The van der Waals surface area contributed by atoms with E-state index in [4.69, 9.17) is 0 Å². The molecule has 1 aromatic carbocycles. The van der Waals surface area contributed by atoms with Crippen LogP contribution in [-0.4, -0.2) is 29.4 Å². The highest BCUT2D eigenvalue weighted by molar-refractivity contribution is 5.78. The zero-order valence-electron chi connectivity index (χ0n) is 13.7. The van der Waals surface area contributed by atoms with Gasteiger partial charge in [0.2, 0.25) is 5.91 Å². The van der Waals surface area contributed by atoms with Gasteiger partial charge in [-0.15, -0.1) is 0 Å². The van der Waals surface area contributed by atoms with Gasteiger partial charge in [0.05, 0.1) is 0 Å². The molecule has 5 nitrogen and oxygen atoms in total. The maximum Gasteiger partial charge on any atom is 0.315 e. The maximum absolute atomic E-state index is 11.9. The Kier molecular flexibility index (Phi) is 4.84. The summed E-state index contributed by atoms with van der Waals surface area (Å²) >= 11 is 0. The van der Waals surface area contributed by atoms with Crippen LogP contribution >= 0.6 is 0 Å². The number of hydrogen-bond acceptors (Lipinski definition) is 2. The molecule has 2 N–H and O–H groups in total. The molecule has 124 valence electrons. The van der Waals surface area contributed by atoms with E-state index in [1.165, 1.54) is 12.8 Å². The summed E-state index contributed by atoms with van der Waals surface area (Å²) in [4.78, 5) is 25.5. The van der Waals surface area contributed by atoms with Gasteiger partial charge in [-0.25, -0.2) is 4.79 Å². The molecule has 1 saturated heterocycles. The zero-order chi connectivity index (χ0) is 16.2. The van der Waals surface area contributed by atoms with Crippen LogP contribution in [0.4, 0.5) is 4.79 Å². The molecule has 1 saturated carbocycles. The highest BCUT2D eigenvalue weighted by Gasteiger charge is 2.28. The van der Waals surface area contributed by atoms with E-state index in [2.05, 4.69) is 23.6 Å². The molecule has 23 heavy (non-hydrogen) atoms. The average Bonchev–Trinajstić information content (AvgIpc) is 3.31. The molecule has 2 aliphatic rings. The molecule has 1 aromatic rings. The first-order valence-corrected chi connectivity index (χ1v) is 8.52. The summed E-state index contributed by atoms with van der Waals surface area (Å²) in [5.41, 5.74) is 2.18. The van der Waals surface area contributed by atoms with Crippen LogP contribution in [0.1, 0.15) is 43.7 Å². The Morgan fingerprint density at radius 2 is 2.13 bits per heavy atom. The molecule has 2 fully saturated rings. The van der Waals surface area contributed by atoms with Crippen LogP contribution in [0.5, 0.6) is 0 Å². The largest absolute Gasteiger partial charge is 0.338 e. The number of likely N-dealkylation sites (tertiary alicyclic amines) is 1. The Morgan fingerprint density at radius 3 is 2.83 bits per heavy atom. The number of nitrogens with zero attached hydrogens (tertiary/aromatic N) is 1. The summed E-state index contributed by atoms with van der Waals surface area (Å²) in [7, 11) is 0. The van der Waals surface area contributed by atoms with E-state index >= 15 is 0 Å². The summed E-state index contributed by atoms with van der Waals surface area (Å²) in [6, 6.07) is 8.23. The van der Waals surface area contributed by atoms with Crippen LogP contribution in [-0.2, 0) is 17.9 Å². The van der Waals surface area contributed by atoms with Crippen molar-refractivity contribution in [3.8, 4) is 0 Å². The van der Waals surface area contributed by atoms with Gasteiger partial charge in [0, 0.05) is 32.1 Å². The Labute approximate surface area is 137 Å². The topological polar surface area (TPSA) is 61.4 Å². The third-order valence-electron chi connectivity index (χ3n) is 4.68. The minimum atomic E-state index is -0.107. The quantitative estimate of drug-likeness (QED) is 0.847. The second kappa shape index (κ2) is 7.02. The predicted octanol–water partition coefficient (Wildman–Crippen LogP) is 2.41. The number of amides is 3. The highest BCUT2D eigenvalue weighted by Crippen LogP contribution is 2.32. The average molecular weight is 315 g/mol. The van der Waals surface area contributed by atoms with Crippen LogP contribution in [0.2, 0.25) is 0 Å². The summed E-state index contributed by atoms with van der Waals surface area (Å²) in [6.45, 7) is 4.08. The van der Waals surface area contributed by atoms with Crippen molar-refractivity contribution < 1.29 is 9.59 Å². The van der Waals surface area contributed by atoms with Crippen molar-refractivity contribution in [1.29, 1.82) is 0 Å². The number of carbonyl (C=O) groups excluding carboxylic acids is 2. The monoisotopic (exact) mass is 315 g/mol. The minimum absolute atomic E-state index is 0.107. The molecule has 1 aliphatic heterocycles. The van der Waals surface area contributed by atoms with Crippen LogP contribution in [0.15, 0.2) is 24.3 Å². The summed E-state index contributed by atoms with van der Waals surface area (Å²) in [5, 5.41) is 5.90. The molecule has 3 amide bonds. The predicted molar refractivity (Wildman–Crippen MR) is 88.7 cm³/mol. The van der Waals surface area contributed by atoms with E-state index in [1.54, 1.807) is 0 Å². The van der Waals surface area contributed by atoms with Gasteiger partial charge in [-0.1, -0.05) is 24.3 Å². The van der Waals surface area contributed by atoms with Crippen molar-refractivity contribution in [2.24, 2.45) is 5.92 Å². The fraction of sp³-hybridized carbons (Fsp3) is 0.556. The normalized spacial score (nSPS) is 18.8. The highest BCUT2D eigenvalue weighted by atomic mass is 16.2. The van der Waals surface area contributed by atoms with Crippen molar-refractivity contribution in [2.75, 3.05) is 6.54 Å². The molecule has 5 heteroatoms. The molecule has 0 spiro atoms. The van der Waals surface area contributed by atoms with Crippen LogP contribution in [0, 0.1) is 5.92 Å². The van der Waals surface area contributed by atoms with Crippen molar-refractivity contribution in [2.45, 2.75) is 51.7 Å². The molecule has 1 aliphatic carbocycles. The molecule has 1 heterocycles. The summed E-state index contributed by atoms with van der Waals surface area (Å²) < 4.78 is 0. The number of nitrogens with one attached hydrogen (secondary N) is 2. The van der Waals surface area contributed by atoms with E-state index in [0.717, 1.165) is 24.1 Å². The van der Waals surface area contributed by atoms with Gasteiger partial charge >= 0.3 is 6.03 Å². The fourth-order valence-electron chi connectivity index (χ4n) is 3.08. The van der Waals surface area contributed by atoms with Crippen molar-refractivity contribution in [1.82, 2.24) is 15.5 Å². The number of hydrogen-bond donors (Lipinski definition) is 2. The van der Waals surface area contributed by atoms with Crippen LogP contribution < -0.4 is 10.6 Å². The third-order valence-corrected chi connectivity index (χ3v) is 4.68. The Morgan fingerprint density at radius 1 is 1.35 bits per heavy atom. The molecule has 1 atom stereocenters. The molecular formula is C18H25N3O2. The number of carbonyl (C=O) groups is 2. The Balaban J connectivity index is 1.48. The first-order chi connectivity index (χ1) is 11.1. The molecule has 0 radical (unpaired) electrons. The molecule has 3 rings (SSSR count). The van der Waals surface area contributed by atoms with E-state index in [0.29, 0.717) is 25.4 Å². The number of rotatable bonds is 6. The summed E-state index contributed by atoms with van der Waals surface area (Å²) in [5.74, 6) is 0.893. The van der Waals surface area contributed by atoms with Crippen LogP contribution in [0.25, 0.3) is 0 Å². The van der Waals surface area contributed by atoms with Gasteiger partial charge in [0.25, 0.3) is 0 Å². The first-order valence-electron chi connectivity index (χ1n) is 8.52. The van der Waals surface area contributed by atoms with Gasteiger partial charge in [-0.05, 0) is 43.2 Å². The number of benzene rings is 1. The van der Waals surface area contributed by atoms with E-state index in [9.17, 15) is 9.59 Å². The van der Waals surface area contributed by atoms with Crippen LogP contribution in [0.3, 0.4) is 0 Å². The second-order valence-corrected chi connectivity index (χ2v) is 6.69. The molecular weight excluding hydrogens is 290 g/mol. The van der Waals surface area contributed by atoms with E-state index in [-0.39, 0.29) is 18.0 Å². The van der Waals surface area contributed by atoms with E-state index in [1.807, 2.05) is 23.1 Å². The van der Waals surface area contributed by atoms with Gasteiger partial charge in [-0.2, -0.15) is 0 Å². The van der Waals surface area contributed by atoms with E-state index < -0.39 is 0 Å². The molecule has 0 aromatic heterocycles. The fourth-order valence-corrected chi connectivity index (χ4v) is 3.08.